The van der Waals surface area contributed by atoms with Crippen molar-refractivity contribution in [2.75, 3.05) is 5.75 Å². The van der Waals surface area contributed by atoms with Crippen molar-refractivity contribution in [2.24, 2.45) is 5.92 Å². The molecular weight excluding hydrogens is 423 g/mol. The van der Waals surface area contributed by atoms with E-state index in [1.165, 1.54) is 29.8 Å². The minimum atomic E-state index is -0.592. The highest BCUT2D eigenvalue weighted by molar-refractivity contribution is 7.99. The average molecular weight is 457 g/mol. The topological polar surface area (TPSA) is 49.4 Å². The van der Waals surface area contributed by atoms with Gasteiger partial charge >= 0.3 is 0 Å². The largest absolute Gasteiger partial charge is 0.352 e. The zero-order valence-corrected chi connectivity index (χ0v) is 20.5. The molecule has 1 N–H and O–H groups in total. The van der Waals surface area contributed by atoms with Gasteiger partial charge in [0.05, 0.1) is 0 Å². The Labute approximate surface area is 195 Å². The molecule has 0 aliphatic carbocycles. The van der Waals surface area contributed by atoms with Crippen LogP contribution >= 0.6 is 11.8 Å². The summed E-state index contributed by atoms with van der Waals surface area (Å²) in [6.07, 6.45) is 0. The van der Waals surface area contributed by atoms with E-state index >= 15 is 0 Å². The van der Waals surface area contributed by atoms with Gasteiger partial charge in [0.2, 0.25) is 5.91 Å². The van der Waals surface area contributed by atoms with Gasteiger partial charge in [-0.3, -0.25) is 9.59 Å². The summed E-state index contributed by atoms with van der Waals surface area (Å²) in [4.78, 5) is 28.3. The molecule has 1 fully saturated rings. The van der Waals surface area contributed by atoms with Crippen molar-refractivity contribution < 1.29 is 14.0 Å². The second-order valence-corrected chi connectivity index (χ2v) is 10.9. The zero-order valence-electron chi connectivity index (χ0n) is 19.7. The number of rotatable bonds is 5. The number of nitrogens with one attached hydrogen (secondary N) is 1. The van der Waals surface area contributed by atoms with Crippen LogP contribution in [0, 0.1) is 11.7 Å². The Morgan fingerprint density at radius 1 is 1.03 bits per heavy atom. The highest BCUT2D eigenvalue weighted by Gasteiger charge is 2.43. The van der Waals surface area contributed by atoms with Gasteiger partial charge in [0, 0.05) is 17.4 Å². The lowest BCUT2D eigenvalue weighted by molar-refractivity contribution is -0.125. The minimum absolute atomic E-state index is 0.000363. The third-order valence-corrected chi connectivity index (χ3v) is 7.38. The molecule has 0 aromatic heterocycles. The second kappa shape index (κ2) is 9.65. The van der Waals surface area contributed by atoms with Crippen molar-refractivity contribution in [1.82, 2.24) is 10.2 Å². The van der Waals surface area contributed by atoms with E-state index in [2.05, 4.69) is 52.1 Å². The Morgan fingerprint density at radius 3 is 2.16 bits per heavy atom. The minimum Gasteiger partial charge on any atom is -0.352 e. The molecular formula is C26H33FN2O2S. The van der Waals surface area contributed by atoms with Crippen LogP contribution in [0.15, 0.2) is 48.5 Å². The summed E-state index contributed by atoms with van der Waals surface area (Å²) in [6.45, 7) is 12.6. The van der Waals surface area contributed by atoms with Crippen molar-refractivity contribution >= 4 is 23.6 Å². The normalized spacial score (nSPS) is 19.8. The van der Waals surface area contributed by atoms with Crippen LogP contribution < -0.4 is 5.32 Å². The number of hydrogen-bond donors (Lipinski definition) is 1. The summed E-state index contributed by atoms with van der Waals surface area (Å²) < 4.78 is 13.4. The van der Waals surface area contributed by atoms with Crippen LogP contribution in [-0.4, -0.2) is 34.6 Å². The molecule has 2 aromatic rings. The van der Waals surface area contributed by atoms with E-state index in [0.717, 1.165) is 5.56 Å². The fourth-order valence-corrected chi connectivity index (χ4v) is 5.02. The van der Waals surface area contributed by atoms with Crippen molar-refractivity contribution in [2.45, 2.75) is 64.4 Å². The summed E-state index contributed by atoms with van der Waals surface area (Å²) in [5.74, 6) is -0.0168. The zero-order chi connectivity index (χ0) is 23.6. The fourth-order valence-electron chi connectivity index (χ4n) is 3.59. The van der Waals surface area contributed by atoms with E-state index in [4.69, 9.17) is 0 Å². The lowest BCUT2D eigenvalue weighted by Gasteiger charge is -2.31. The van der Waals surface area contributed by atoms with Gasteiger partial charge in [-0.2, -0.15) is 0 Å². The van der Waals surface area contributed by atoms with Gasteiger partial charge in [-0.05, 0) is 53.6 Å². The number of nitrogens with zero attached hydrogens (tertiary/aromatic N) is 1. The standard InChI is InChI=1S/C26H33FN2O2S/c1-16(2)17(3)28-23(30)22-15-32-25(19-7-11-20(12-8-19)26(4,5)6)29(22)24(31)18-9-13-21(27)14-10-18/h7-14,16-17,22,25H,15H2,1-6H3,(H,28,30). The van der Waals surface area contributed by atoms with Gasteiger partial charge in [-0.15, -0.1) is 11.8 Å². The summed E-state index contributed by atoms with van der Waals surface area (Å²) in [6, 6.07) is 13.2. The van der Waals surface area contributed by atoms with Gasteiger partial charge in [0.15, 0.2) is 0 Å². The molecule has 0 radical (unpaired) electrons. The molecule has 3 unspecified atom stereocenters. The van der Waals surface area contributed by atoms with Crippen LogP contribution in [0.5, 0.6) is 0 Å². The van der Waals surface area contributed by atoms with Crippen molar-refractivity contribution in [3.63, 3.8) is 0 Å². The number of halogens is 1. The summed E-state index contributed by atoms with van der Waals surface area (Å²) in [5, 5.41) is 2.78. The first-order valence-corrected chi connectivity index (χ1v) is 12.1. The van der Waals surface area contributed by atoms with Crippen molar-refractivity contribution in [3.8, 4) is 0 Å². The molecule has 3 atom stereocenters. The van der Waals surface area contributed by atoms with E-state index < -0.39 is 11.9 Å². The predicted molar refractivity (Wildman–Crippen MR) is 129 cm³/mol. The molecule has 1 heterocycles. The number of carbonyl (C=O) groups is 2. The number of benzene rings is 2. The second-order valence-electron chi connectivity index (χ2n) is 9.83. The quantitative estimate of drug-likeness (QED) is 0.643. The summed E-state index contributed by atoms with van der Waals surface area (Å²) in [7, 11) is 0. The number of thioether (sulfide) groups is 1. The van der Waals surface area contributed by atoms with E-state index in [1.807, 2.05) is 19.1 Å². The summed E-state index contributed by atoms with van der Waals surface area (Å²) >= 11 is 1.59. The van der Waals surface area contributed by atoms with Gasteiger partial charge in [0.1, 0.15) is 17.2 Å². The fraction of sp³-hybridized carbons (Fsp3) is 0.462. The molecule has 0 bridgehead atoms. The molecule has 172 valence electrons. The van der Waals surface area contributed by atoms with Crippen LogP contribution in [0.3, 0.4) is 0 Å². The Bertz CT molecular complexity index is 951. The van der Waals surface area contributed by atoms with E-state index in [-0.39, 0.29) is 34.6 Å². The molecule has 4 nitrogen and oxygen atoms in total. The van der Waals surface area contributed by atoms with Crippen LogP contribution in [0.2, 0.25) is 0 Å². The molecule has 2 amide bonds. The Hall–Kier alpha value is -2.34. The predicted octanol–water partition coefficient (Wildman–Crippen LogP) is 5.54. The molecule has 1 aliphatic heterocycles. The Morgan fingerprint density at radius 2 is 1.62 bits per heavy atom. The van der Waals surface area contributed by atoms with Gasteiger partial charge in [0.25, 0.3) is 5.91 Å². The third-order valence-electron chi connectivity index (χ3n) is 6.06. The maximum absolute atomic E-state index is 13.5. The Kier molecular flexibility index (Phi) is 7.33. The smallest absolute Gasteiger partial charge is 0.255 e. The summed E-state index contributed by atoms with van der Waals surface area (Å²) in [5.41, 5.74) is 2.59. The van der Waals surface area contributed by atoms with Crippen LogP contribution in [0.25, 0.3) is 0 Å². The highest BCUT2D eigenvalue weighted by Crippen LogP contribution is 2.42. The third kappa shape index (κ3) is 5.34. The lowest BCUT2D eigenvalue weighted by Crippen LogP contribution is -2.50. The Balaban J connectivity index is 1.94. The molecule has 2 aromatic carbocycles. The molecule has 1 aliphatic rings. The van der Waals surface area contributed by atoms with Crippen LogP contribution in [0.4, 0.5) is 4.39 Å². The van der Waals surface area contributed by atoms with E-state index in [9.17, 15) is 14.0 Å². The molecule has 0 saturated carbocycles. The van der Waals surface area contributed by atoms with E-state index in [1.54, 1.807) is 16.7 Å². The molecule has 32 heavy (non-hydrogen) atoms. The lowest BCUT2D eigenvalue weighted by atomic mass is 9.86. The van der Waals surface area contributed by atoms with Gasteiger partial charge in [-0.1, -0.05) is 58.9 Å². The molecule has 3 rings (SSSR count). The molecule has 0 spiro atoms. The average Bonchev–Trinajstić information content (AvgIpc) is 3.18. The first-order valence-electron chi connectivity index (χ1n) is 11.1. The molecule has 1 saturated heterocycles. The van der Waals surface area contributed by atoms with Crippen molar-refractivity contribution in [3.05, 3.63) is 71.0 Å². The van der Waals surface area contributed by atoms with Crippen molar-refractivity contribution in [1.29, 1.82) is 0 Å². The monoisotopic (exact) mass is 456 g/mol. The van der Waals surface area contributed by atoms with Crippen LogP contribution in [-0.2, 0) is 10.2 Å². The van der Waals surface area contributed by atoms with E-state index in [0.29, 0.717) is 11.3 Å². The van der Waals surface area contributed by atoms with Gasteiger partial charge < -0.3 is 10.2 Å². The maximum atomic E-state index is 13.5. The first-order chi connectivity index (χ1) is 15.0. The highest BCUT2D eigenvalue weighted by atomic mass is 32.2. The number of amides is 2. The van der Waals surface area contributed by atoms with Gasteiger partial charge in [-0.25, -0.2) is 4.39 Å². The number of hydrogen-bond acceptors (Lipinski definition) is 3. The SMILES string of the molecule is CC(C)C(C)NC(=O)C1CSC(c2ccc(C(C)(C)C)cc2)N1C(=O)c1ccc(F)cc1. The molecule has 6 heteroatoms. The number of carbonyl (C=O) groups excluding carboxylic acids is 2. The van der Waals surface area contributed by atoms with Crippen LogP contribution in [0.1, 0.15) is 68.4 Å². The first kappa shape index (κ1) is 24.3. The maximum Gasteiger partial charge on any atom is 0.255 e.